The standard InChI is InChI=1S/C13H23NO4S/c1-11(2,3)18-10(17)14-8(9(15)16)12(4,5)19-13(14,6)7/h8H,1-7H3,(H,15,16). The number of carbonyl (C=O) groups is 2. The van der Waals surface area contributed by atoms with Crippen LogP contribution in [0.1, 0.15) is 48.5 Å². The number of carboxylic acid groups (broad SMARTS) is 1. The van der Waals surface area contributed by atoms with Crippen molar-refractivity contribution in [1.82, 2.24) is 4.90 Å². The largest absolute Gasteiger partial charge is 0.480 e. The number of aliphatic carboxylic acids is 1. The lowest BCUT2D eigenvalue weighted by atomic mass is 10.0. The molecule has 1 aliphatic rings. The molecule has 5 nitrogen and oxygen atoms in total. The van der Waals surface area contributed by atoms with Gasteiger partial charge in [0, 0.05) is 4.75 Å². The molecule has 1 aliphatic heterocycles. The second-order valence-corrected chi connectivity index (χ2v) is 9.00. The number of ether oxygens (including phenoxy) is 1. The highest BCUT2D eigenvalue weighted by Gasteiger charge is 2.58. The number of rotatable bonds is 1. The molecule has 0 aromatic carbocycles. The van der Waals surface area contributed by atoms with Gasteiger partial charge in [-0.05, 0) is 48.5 Å². The normalized spacial score (nSPS) is 25.2. The summed E-state index contributed by atoms with van der Waals surface area (Å²) in [6.45, 7) is 12.6. The number of amides is 1. The molecule has 1 heterocycles. The molecule has 6 heteroatoms. The Balaban J connectivity index is 3.14. The van der Waals surface area contributed by atoms with E-state index in [1.165, 1.54) is 16.7 Å². The molecule has 110 valence electrons. The van der Waals surface area contributed by atoms with Crippen LogP contribution in [0.2, 0.25) is 0 Å². The summed E-state index contributed by atoms with van der Waals surface area (Å²) >= 11 is 1.47. The average molecular weight is 289 g/mol. The zero-order valence-electron chi connectivity index (χ0n) is 12.6. The first kappa shape index (κ1) is 16.1. The minimum atomic E-state index is -1.01. The van der Waals surface area contributed by atoms with Crippen molar-refractivity contribution in [2.24, 2.45) is 0 Å². The van der Waals surface area contributed by atoms with Gasteiger partial charge >= 0.3 is 12.1 Å². The first-order chi connectivity index (χ1) is 8.28. The molecule has 1 saturated heterocycles. The zero-order valence-corrected chi connectivity index (χ0v) is 13.4. The summed E-state index contributed by atoms with van der Waals surface area (Å²) < 4.78 is 4.78. The van der Waals surface area contributed by atoms with Crippen molar-refractivity contribution in [3.63, 3.8) is 0 Å². The van der Waals surface area contributed by atoms with Crippen molar-refractivity contribution in [3.8, 4) is 0 Å². The topological polar surface area (TPSA) is 66.8 Å². The number of nitrogens with zero attached hydrogens (tertiary/aromatic N) is 1. The lowest BCUT2D eigenvalue weighted by Gasteiger charge is -2.35. The van der Waals surface area contributed by atoms with Crippen molar-refractivity contribution >= 4 is 23.8 Å². The Kier molecular flexibility index (Phi) is 3.89. The van der Waals surface area contributed by atoms with Gasteiger partial charge in [0.25, 0.3) is 0 Å². The summed E-state index contributed by atoms with van der Waals surface area (Å²) in [4.78, 5) is 24.6. The summed E-state index contributed by atoms with van der Waals surface area (Å²) in [5.74, 6) is -1.01. The SMILES string of the molecule is CC(C)(C)OC(=O)N1C(C(=O)O)C(C)(C)SC1(C)C. The molecule has 0 aliphatic carbocycles. The van der Waals surface area contributed by atoms with Crippen LogP contribution in [0.15, 0.2) is 0 Å². The van der Waals surface area contributed by atoms with Crippen LogP contribution in [0.5, 0.6) is 0 Å². The van der Waals surface area contributed by atoms with Crippen LogP contribution >= 0.6 is 11.8 Å². The fourth-order valence-corrected chi connectivity index (χ4v) is 4.30. The number of carboxylic acids is 1. The van der Waals surface area contributed by atoms with Crippen molar-refractivity contribution in [2.45, 2.75) is 69.7 Å². The molecule has 0 saturated carbocycles. The van der Waals surface area contributed by atoms with E-state index in [1.807, 2.05) is 27.7 Å². The van der Waals surface area contributed by atoms with Crippen molar-refractivity contribution in [3.05, 3.63) is 0 Å². The van der Waals surface area contributed by atoms with E-state index in [4.69, 9.17) is 4.74 Å². The van der Waals surface area contributed by atoms with E-state index in [2.05, 4.69) is 0 Å². The van der Waals surface area contributed by atoms with Gasteiger partial charge in [-0.25, -0.2) is 9.59 Å². The van der Waals surface area contributed by atoms with Gasteiger partial charge < -0.3 is 9.84 Å². The lowest BCUT2D eigenvalue weighted by Crippen LogP contribution is -2.54. The summed E-state index contributed by atoms with van der Waals surface area (Å²) in [5.41, 5.74) is -0.645. The van der Waals surface area contributed by atoms with Crippen LogP contribution in [-0.4, -0.2) is 43.3 Å². The zero-order chi connectivity index (χ0) is 15.2. The summed E-state index contributed by atoms with van der Waals surface area (Å²) in [5, 5.41) is 9.44. The molecule has 0 bridgehead atoms. The first-order valence-electron chi connectivity index (χ1n) is 6.23. The molecule has 0 radical (unpaired) electrons. The molecule has 0 aromatic rings. The van der Waals surface area contributed by atoms with Crippen LogP contribution in [-0.2, 0) is 9.53 Å². The molecular formula is C13H23NO4S. The second kappa shape index (κ2) is 4.58. The molecule has 0 aromatic heterocycles. The van der Waals surface area contributed by atoms with Crippen LogP contribution in [0.25, 0.3) is 0 Å². The van der Waals surface area contributed by atoms with Crippen molar-refractivity contribution in [1.29, 1.82) is 0 Å². The Morgan fingerprint density at radius 3 is 2.05 bits per heavy atom. The molecular weight excluding hydrogens is 266 g/mol. The highest BCUT2D eigenvalue weighted by atomic mass is 32.2. The van der Waals surface area contributed by atoms with Gasteiger partial charge in [-0.15, -0.1) is 11.8 Å². The van der Waals surface area contributed by atoms with Gasteiger partial charge in [0.1, 0.15) is 11.6 Å². The van der Waals surface area contributed by atoms with E-state index in [9.17, 15) is 14.7 Å². The number of hydrogen-bond donors (Lipinski definition) is 1. The van der Waals surface area contributed by atoms with E-state index < -0.39 is 33.3 Å². The van der Waals surface area contributed by atoms with Crippen molar-refractivity contribution in [2.75, 3.05) is 0 Å². The Morgan fingerprint density at radius 1 is 1.21 bits per heavy atom. The lowest BCUT2D eigenvalue weighted by molar-refractivity contribution is -0.144. The van der Waals surface area contributed by atoms with E-state index in [1.54, 1.807) is 20.8 Å². The van der Waals surface area contributed by atoms with Gasteiger partial charge in [0.2, 0.25) is 0 Å². The monoisotopic (exact) mass is 289 g/mol. The minimum absolute atomic E-state index is 0.563. The van der Waals surface area contributed by atoms with E-state index in [0.717, 1.165) is 0 Å². The molecule has 19 heavy (non-hydrogen) atoms. The Morgan fingerprint density at radius 2 is 1.68 bits per heavy atom. The summed E-state index contributed by atoms with van der Waals surface area (Å²) in [6.07, 6.45) is -0.581. The van der Waals surface area contributed by atoms with Crippen LogP contribution in [0, 0.1) is 0 Å². The highest BCUT2D eigenvalue weighted by molar-refractivity contribution is 8.02. The highest BCUT2D eigenvalue weighted by Crippen LogP contribution is 2.51. The maximum absolute atomic E-state index is 12.3. The fraction of sp³-hybridized carbons (Fsp3) is 0.846. The molecule has 0 spiro atoms. The van der Waals surface area contributed by atoms with Gasteiger partial charge in [-0.3, -0.25) is 4.90 Å². The van der Waals surface area contributed by atoms with Gasteiger partial charge in [-0.2, -0.15) is 0 Å². The Labute approximate surface area is 118 Å². The number of hydrogen-bond acceptors (Lipinski definition) is 4. The first-order valence-corrected chi connectivity index (χ1v) is 7.05. The molecule has 1 rings (SSSR count). The van der Waals surface area contributed by atoms with Gasteiger partial charge in [-0.1, -0.05) is 0 Å². The maximum atomic E-state index is 12.3. The Bertz CT molecular complexity index is 398. The van der Waals surface area contributed by atoms with Crippen LogP contribution in [0.3, 0.4) is 0 Å². The third kappa shape index (κ3) is 3.35. The second-order valence-electron chi connectivity index (χ2n) is 6.74. The third-order valence-corrected chi connectivity index (χ3v) is 4.28. The number of carbonyl (C=O) groups excluding carboxylic acids is 1. The quantitative estimate of drug-likeness (QED) is 0.804. The molecule has 1 N–H and O–H groups in total. The molecule has 1 amide bonds. The van der Waals surface area contributed by atoms with Gasteiger partial charge in [0.05, 0.1) is 4.87 Å². The van der Waals surface area contributed by atoms with Gasteiger partial charge in [0.15, 0.2) is 0 Å². The average Bonchev–Trinajstić information content (AvgIpc) is 2.26. The molecule has 1 fully saturated rings. The Hall–Kier alpha value is -0.910. The summed E-state index contributed by atoms with van der Waals surface area (Å²) in [6, 6.07) is -0.901. The van der Waals surface area contributed by atoms with Crippen LogP contribution < -0.4 is 0 Å². The fourth-order valence-electron chi connectivity index (χ4n) is 2.41. The summed E-state index contributed by atoms with van der Waals surface area (Å²) in [7, 11) is 0. The van der Waals surface area contributed by atoms with Crippen molar-refractivity contribution < 1.29 is 19.4 Å². The minimum Gasteiger partial charge on any atom is -0.480 e. The van der Waals surface area contributed by atoms with E-state index in [0.29, 0.717) is 0 Å². The third-order valence-electron chi connectivity index (χ3n) is 2.83. The predicted octanol–water partition coefficient (Wildman–Crippen LogP) is 2.94. The molecule has 1 unspecified atom stereocenters. The smallest absolute Gasteiger partial charge is 0.412 e. The molecule has 1 atom stereocenters. The predicted molar refractivity (Wildman–Crippen MR) is 75.2 cm³/mol. The maximum Gasteiger partial charge on any atom is 0.412 e. The number of thioether (sulfide) groups is 1. The van der Waals surface area contributed by atoms with E-state index in [-0.39, 0.29) is 0 Å². The van der Waals surface area contributed by atoms with Crippen LogP contribution in [0.4, 0.5) is 4.79 Å². The van der Waals surface area contributed by atoms with E-state index >= 15 is 0 Å².